The van der Waals surface area contributed by atoms with Crippen LogP contribution in [0, 0.1) is 6.26 Å². The Morgan fingerprint density at radius 1 is 1.38 bits per heavy atom. The Bertz CT molecular complexity index is 300. The third-order valence-electron chi connectivity index (χ3n) is 1.71. The molecule has 0 aromatic heterocycles. The monoisotopic (exact) mass is 193 g/mol. The fourth-order valence-electron chi connectivity index (χ4n) is 1.10. The fraction of sp³-hybridized carbons (Fsp3) is 0.125. The zero-order valence-electron chi connectivity index (χ0n) is 6.92. The molecule has 2 rings (SSSR count). The van der Waals surface area contributed by atoms with Gasteiger partial charge in [-0.05, 0) is 17.4 Å². The normalized spacial score (nSPS) is 20.4. The minimum absolute atomic E-state index is 0.00222. The lowest BCUT2D eigenvalue weighted by Crippen LogP contribution is -2.31. The summed E-state index contributed by atoms with van der Waals surface area (Å²) >= 11 is 1.41. The SMILES string of the molecule is [CH2]SC1NN=NN1c1ccccc1. The lowest BCUT2D eigenvalue weighted by molar-refractivity contribution is 0.757. The van der Waals surface area contributed by atoms with E-state index in [2.05, 4.69) is 22.1 Å². The Labute approximate surface area is 81.0 Å². The Kier molecular flexibility index (Phi) is 2.35. The van der Waals surface area contributed by atoms with Crippen LogP contribution in [0.4, 0.5) is 5.69 Å². The van der Waals surface area contributed by atoms with Gasteiger partial charge < -0.3 is 0 Å². The zero-order chi connectivity index (χ0) is 9.10. The molecule has 1 aliphatic rings. The van der Waals surface area contributed by atoms with E-state index in [-0.39, 0.29) is 5.50 Å². The maximum absolute atomic E-state index is 3.94. The molecule has 0 amide bonds. The molecule has 4 nitrogen and oxygen atoms in total. The van der Waals surface area contributed by atoms with E-state index in [1.165, 1.54) is 11.8 Å². The summed E-state index contributed by atoms with van der Waals surface area (Å²) < 4.78 is 0. The van der Waals surface area contributed by atoms with Gasteiger partial charge >= 0.3 is 0 Å². The van der Waals surface area contributed by atoms with Gasteiger partial charge in [-0.15, -0.1) is 11.8 Å². The van der Waals surface area contributed by atoms with E-state index >= 15 is 0 Å². The molecule has 0 saturated carbocycles. The van der Waals surface area contributed by atoms with Crippen LogP contribution in [0.1, 0.15) is 0 Å². The minimum Gasteiger partial charge on any atom is -0.256 e. The summed E-state index contributed by atoms with van der Waals surface area (Å²) in [4.78, 5) is 0. The molecule has 1 aromatic rings. The van der Waals surface area contributed by atoms with Crippen LogP contribution in [0.3, 0.4) is 0 Å². The maximum Gasteiger partial charge on any atom is 0.187 e. The van der Waals surface area contributed by atoms with Crippen LogP contribution in [-0.2, 0) is 0 Å². The van der Waals surface area contributed by atoms with Crippen molar-refractivity contribution in [2.24, 2.45) is 10.4 Å². The van der Waals surface area contributed by atoms with Crippen molar-refractivity contribution in [2.75, 3.05) is 5.01 Å². The molecule has 0 aliphatic carbocycles. The second kappa shape index (κ2) is 3.66. The van der Waals surface area contributed by atoms with Crippen LogP contribution in [0.15, 0.2) is 40.8 Å². The number of nitrogens with zero attached hydrogens (tertiary/aromatic N) is 3. The van der Waals surface area contributed by atoms with Crippen molar-refractivity contribution < 1.29 is 0 Å². The number of rotatable bonds is 2. The second-order valence-electron chi connectivity index (χ2n) is 2.52. The van der Waals surface area contributed by atoms with Gasteiger partial charge in [-0.2, -0.15) is 0 Å². The number of thioether (sulfide) groups is 1. The highest BCUT2D eigenvalue weighted by Crippen LogP contribution is 2.24. The zero-order valence-corrected chi connectivity index (χ0v) is 7.74. The molecule has 1 N–H and O–H groups in total. The summed E-state index contributed by atoms with van der Waals surface area (Å²) in [6.07, 6.45) is 3.74. The van der Waals surface area contributed by atoms with Gasteiger partial charge in [-0.3, -0.25) is 5.43 Å². The largest absolute Gasteiger partial charge is 0.256 e. The summed E-state index contributed by atoms with van der Waals surface area (Å²) in [6, 6.07) is 9.86. The number of para-hydroxylation sites is 1. The van der Waals surface area contributed by atoms with E-state index in [4.69, 9.17) is 0 Å². The Morgan fingerprint density at radius 3 is 2.85 bits per heavy atom. The molecule has 13 heavy (non-hydrogen) atoms. The van der Waals surface area contributed by atoms with Gasteiger partial charge in [0.1, 0.15) is 0 Å². The molecule has 1 atom stereocenters. The third kappa shape index (κ3) is 1.60. The lowest BCUT2D eigenvalue weighted by atomic mass is 10.3. The van der Waals surface area contributed by atoms with Gasteiger partial charge in [0.2, 0.25) is 0 Å². The van der Waals surface area contributed by atoms with E-state index in [9.17, 15) is 0 Å². The van der Waals surface area contributed by atoms with Crippen LogP contribution < -0.4 is 10.4 Å². The van der Waals surface area contributed by atoms with Gasteiger partial charge in [0.05, 0.1) is 5.69 Å². The van der Waals surface area contributed by atoms with Crippen molar-refractivity contribution in [3.63, 3.8) is 0 Å². The first kappa shape index (κ1) is 8.37. The highest BCUT2D eigenvalue weighted by molar-refractivity contribution is 8.01. The van der Waals surface area contributed by atoms with Gasteiger partial charge in [0.25, 0.3) is 0 Å². The van der Waals surface area contributed by atoms with Gasteiger partial charge in [0, 0.05) is 6.26 Å². The van der Waals surface area contributed by atoms with Crippen LogP contribution in [-0.4, -0.2) is 5.50 Å². The van der Waals surface area contributed by atoms with Gasteiger partial charge in [-0.25, -0.2) is 5.01 Å². The molecule has 0 saturated heterocycles. The molecule has 0 spiro atoms. The fourth-order valence-corrected chi connectivity index (χ4v) is 1.53. The first-order valence-electron chi connectivity index (χ1n) is 3.83. The van der Waals surface area contributed by atoms with Crippen molar-refractivity contribution in [2.45, 2.75) is 5.50 Å². The number of anilines is 1. The molecular formula is C8H9N4S. The third-order valence-corrected chi connectivity index (χ3v) is 2.33. The predicted molar refractivity (Wildman–Crippen MR) is 53.6 cm³/mol. The lowest BCUT2D eigenvalue weighted by Gasteiger charge is -2.18. The highest BCUT2D eigenvalue weighted by Gasteiger charge is 2.21. The van der Waals surface area contributed by atoms with Crippen LogP contribution >= 0.6 is 11.8 Å². The average Bonchev–Trinajstić information content (AvgIpc) is 2.67. The highest BCUT2D eigenvalue weighted by atomic mass is 32.2. The molecule has 1 aromatic carbocycles. The molecule has 1 aliphatic heterocycles. The van der Waals surface area contributed by atoms with Crippen molar-refractivity contribution in [1.82, 2.24) is 5.43 Å². The molecular weight excluding hydrogens is 184 g/mol. The topological polar surface area (TPSA) is 40.0 Å². The Balaban J connectivity index is 2.21. The van der Waals surface area contributed by atoms with Crippen LogP contribution in [0.25, 0.3) is 0 Å². The maximum atomic E-state index is 3.94. The number of nitrogens with one attached hydrogen (secondary N) is 1. The molecule has 5 heteroatoms. The predicted octanol–water partition coefficient (Wildman–Crippen LogP) is 2.19. The van der Waals surface area contributed by atoms with Crippen molar-refractivity contribution >= 4 is 17.4 Å². The van der Waals surface area contributed by atoms with E-state index in [1.807, 2.05) is 30.3 Å². The summed E-state index contributed by atoms with van der Waals surface area (Å²) in [6.45, 7) is 0. The number of hydrogen-bond donors (Lipinski definition) is 1. The van der Waals surface area contributed by atoms with Crippen molar-refractivity contribution in [1.29, 1.82) is 0 Å². The molecule has 0 fully saturated rings. The smallest absolute Gasteiger partial charge is 0.187 e. The summed E-state index contributed by atoms with van der Waals surface area (Å²) in [5, 5.41) is 9.47. The summed E-state index contributed by atoms with van der Waals surface area (Å²) in [5.74, 6) is 0. The van der Waals surface area contributed by atoms with E-state index in [0.29, 0.717) is 0 Å². The number of benzene rings is 1. The molecule has 1 radical (unpaired) electrons. The molecule has 67 valence electrons. The number of hydrogen-bond acceptors (Lipinski definition) is 5. The van der Waals surface area contributed by atoms with Crippen LogP contribution in [0.2, 0.25) is 0 Å². The van der Waals surface area contributed by atoms with Gasteiger partial charge in [0.15, 0.2) is 5.50 Å². The molecule has 1 heterocycles. The van der Waals surface area contributed by atoms with E-state index in [0.717, 1.165) is 5.69 Å². The molecule has 1 unspecified atom stereocenters. The van der Waals surface area contributed by atoms with Gasteiger partial charge in [-0.1, -0.05) is 23.4 Å². The van der Waals surface area contributed by atoms with Crippen molar-refractivity contribution in [3.8, 4) is 0 Å². The first-order valence-corrected chi connectivity index (χ1v) is 4.88. The minimum atomic E-state index is 0.00222. The second-order valence-corrected chi connectivity index (χ2v) is 3.30. The van der Waals surface area contributed by atoms with E-state index < -0.39 is 0 Å². The first-order chi connectivity index (χ1) is 6.42. The van der Waals surface area contributed by atoms with E-state index in [1.54, 1.807) is 5.01 Å². The Morgan fingerprint density at radius 2 is 2.15 bits per heavy atom. The van der Waals surface area contributed by atoms with Crippen LogP contribution in [0.5, 0.6) is 0 Å². The van der Waals surface area contributed by atoms with Crippen molar-refractivity contribution in [3.05, 3.63) is 36.6 Å². The Hall–Kier alpha value is -1.23. The average molecular weight is 193 g/mol. The summed E-state index contributed by atoms with van der Waals surface area (Å²) in [7, 11) is 0. The standard InChI is InChI=1S/C8H9N4S/c1-13-8-9-10-11-12(8)7-5-3-2-4-6-7/h2-6,8H,1H2,(H,9,11). The molecule has 0 bridgehead atoms. The quantitative estimate of drug-likeness (QED) is 0.782. The summed E-state index contributed by atoms with van der Waals surface area (Å²) in [5.41, 5.74) is 3.85.